The Morgan fingerprint density at radius 1 is 1.15 bits per heavy atom. The van der Waals surface area contributed by atoms with Gasteiger partial charge in [0.25, 0.3) is 0 Å². The Hall–Kier alpha value is -1.06. The normalized spacial score (nSPS) is 28.1. The Bertz CT molecular complexity index is 427. The summed E-state index contributed by atoms with van der Waals surface area (Å²) < 4.78 is 5.24. The van der Waals surface area contributed by atoms with Crippen LogP contribution in [-0.2, 0) is 0 Å². The molecular formula is C17H25NO2. The zero-order chi connectivity index (χ0) is 13.9. The summed E-state index contributed by atoms with van der Waals surface area (Å²) in [5.74, 6) is 1.68. The van der Waals surface area contributed by atoms with Crippen molar-refractivity contribution < 1.29 is 9.84 Å². The van der Waals surface area contributed by atoms with Gasteiger partial charge in [0, 0.05) is 12.1 Å². The van der Waals surface area contributed by atoms with Gasteiger partial charge in [0.2, 0.25) is 0 Å². The third-order valence-corrected chi connectivity index (χ3v) is 4.63. The van der Waals surface area contributed by atoms with E-state index in [4.69, 9.17) is 4.74 Å². The van der Waals surface area contributed by atoms with Crippen LogP contribution in [0.5, 0.6) is 5.75 Å². The van der Waals surface area contributed by atoms with Gasteiger partial charge in [-0.3, -0.25) is 0 Å². The molecular weight excluding hydrogens is 250 g/mol. The first kappa shape index (κ1) is 13.9. The molecule has 0 spiro atoms. The summed E-state index contributed by atoms with van der Waals surface area (Å²) in [5, 5.41) is 13.6. The number of methoxy groups -OCH3 is 1. The topological polar surface area (TPSA) is 41.5 Å². The van der Waals surface area contributed by atoms with Gasteiger partial charge >= 0.3 is 0 Å². The quantitative estimate of drug-likeness (QED) is 0.868. The van der Waals surface area contributed by atoms with E-state index in [1.54, 1.807) is 7.11 Å². The fraction of sp³-hybridized carbons (Fsp3) is 0.647. The average Bonchev–Trinajstić information content (AvgIpc) is 3.30. The van der Waals surface area contributed by atoms with Gasteiger partial charge in [-0.2, -0.15) is 0 Å². The highest BCUT2D eigenvalue weighted by atomic mass is 16.5. The molecule has 3 rings (SSSR count). The van der Waals surface area contributed by atoms with Crippen molar-refractivity contribution in [3.8, 4) is 5.75 Å². The third-order valence-electron chi connectivity index (χ3n) is 4.63. The molecule has 0 amide bonds. The van der Waals surface area contributed by atoms with Gasteiger partial charge in [-0.25, -0.2) is 0 Å². The van der Waals surface area contributed by atoms with E-state index in [1.165, 1.54) is 24.8 Å². The largest absolute Gasteiger partial charge is 0.497 e. The van der Waals surface area contributed by atoms with Gasteiger partial charge in [0.15, 0.2) is 0 Å². The first-order valence-corrected chi connectivity index (χ1v) is 7.84. The van der Waals surface area contributed by atoms with Crippen LogP contribution in [-0.4, -0.2) is 24.4 Å². The number of aliphatic hydroxyl groups is 1. The van der Waals surface area contributed by atoms with Crippen molar-refractivity contribution in [3.63, 3.8) is 0 Å². The highest BCUT2D eigenvalue weighted by Gasteiger charge is 2.34. The molecule has 0 bridgehead atoms. The van der Waals surface area contributed by atoms with Crippen LogP contribution in [0, 0.1) is 5.92 Å². The molecule has 3 nitrogen and oxygen atoms in total. The number of aliphatic hydroxyl groups excluding tert-OH is 1. The second kappa shape index (κ2) is 6.15. The average molecular weight is 275 g/mol. The van der Waals surface area contributed by atoms with E-state index in [2.05, 4.69) is 17.4 Å². The van der Waals surface area contributed by atoms with Crippen molar-refractivity contribution in [2.75, 3.05) is 7.11 Å². The lowest BCUT2D eigenvalue weighted by Gasteiger charge is -2.31. The van der Waals surface area contributed by atoms with Crippen molar-refractivity contribution in [2.24, 2.45) is 5.92 Å². The molecule has 3 unspecified atom stereocenters. The van der Waals surface area contributed by atoms with E-state index in [1.807, 2.05) is 12.1 Å². The van der Waals surface area contributed by atoms with Crippen LogP contribution in [0.2, 0.25) is 0 Å². The molecule has 110 valence electrons. The summed E-state index contributed by atoms with van der Waals surface area (Å²) in [6.07, 6.45) is 6.72. The van der Waals surface area contributed by atoms with E-state index in [0.717, 1.165) is 30.9 Å². The van der Waals surface area contributed by atoms with Gasteiger partial charge < -0.3 is 15.2 Å². The summed E-state index contributed by atoms with van der Waals surface area (Å²) >= 11 is 0. The molecule has 0 saturated heterocycles. The molecule has 1 aromatic rings. The molecule has 2 saturated carbocycles. The maximum Gasteiger partial charge on any atom is 0.118 e. The minimum Gasteiger partial charge on any atom is -0.497 e. The lowest BCUT2D eigenvalue weighted by molar-refractivity contribution is 0.107. The smallest absolute Gasteiger partial charge is 0.118 e. The summed E-state index contributed by atoms with van der Waals surface area (Å²) in [5.41, 5.74) is 1.35. The van der Waals surface area contributed by atoms with Crippen molar-refractivity contribution in [1.29, 1.82) is 0 Å². The van der Waals surface area contributed by atoms with E-state index in [0.29, 0.717) is 12.1 Å². The molecule has 2 fully saturated rings. The Balaban J connectivity index is 1.68. The molecule has 2 aliphatic rings. The van der Waals surface area contributed by atoms with Gasteiger partial charge in [0.1, 0.15) is 5.75 Å². The lowest BCUT2D eigenvalue weighted by Crippen LogP contribution is -2.39. The van der Waals surface area contributed by atoms with Crippen molar-refractivity contribution in [1.82, 2.24) is 5.32 Å². The van der Waals surface area contributed by atoms with Crippen LogP contribution in [0.4, 0.5) is 0 Å². The van der Waals surface area contributed by atoms with Gasteiger partial charge in [0.05, 0.1) is 13.2 Å². The highest BCUT2D eigenvalue weighted by Crippen LogP contribution is 2.42. The minimum absolute atomic E-state index is 0.114. The summed E-state index contributed by atoms with van der Waals surface area (Å²) in [4.78, 5) is 0. The number of rotatable bonds is 5. The van der Waals surface area contributed by atoms with Gasteiger partial charge in [-0.1, -0.05) is 12.1 Å². The number of hydrogen-bond acceptors (Lipinski definition) is 3. The number of hydrogen-bond donors (Lipinski definition) is 2. The second-order valence-corrected chi connectivity index (χ2v) is 6.27. The van der Waals surface area contributed by atoms with E-state index in [9.17, 15) is 5.11 Å². The van der Waals surface area contributed by atoms with Gasteiger partial charge in [-0.15, -0.1) is 0 Å². The van der Waals surface area contributed by atoms with E-state index >= 15 is 0 Å². The Kier molecular flexibility index (Phi) is 4.27. The minimum atomic E-state index is -0.114. The molecule has 2 aliphatic carbocycles. The van der Waals surface area contributed by atoms with E-state index < -0.39 is 0 Å². The van der Waals surface area contributed by atoms with Crippen LogP contribution in [0.25, 0.3) is 0 Å². The maximum atomic E-state index is 9.83. The number of ether oxygens (including phenoxy) is 1. The summed E-state index contributed by atoms with van der Waals surface area (Å²) in [6.45, 7) is 0. The lowest BCUT2D eigenvalue weighted by atomic mass is 9.91. The molecule has 2 N–H and O–H groups in total. The molecule has 0 aliphatic heterocycles. The number of nitrogens with one attached hydrogen (secondary N) is 1. The molecule has 1 aromatic carbocycles. The van der Waals surface area contributed by atoms with Crippen molar-refractivity contribution in [3.05, 3.63) is 29.8 Å². The molecule has 3 heteroatoms. The second-order valence-electron chi connectivity index (χ2n) is 6.27. The Morgan fingerprint density at radius 3 is 2.50 bits per heavy atom. The summed E-state index contributed by atoms with van der Waals surface area (Å²) in [7, 11) is 1.70. The predicted octanol–water partition coefficient (Wildman–Crippen LogP) is 3.04. The van der Waals surface area contributed by atoms with E-state index in [-0.39, 0.29) is 6.10 Å². The Morgan fingerprint density at radius 2 is 1.90 bits per heavy atom. The molecule has 3 atom stereocenters. The SMILES string of the molecule is COc1ccc(C(NC2CCCC(O)C2)C2CC2)cc1. The summed E-state index contributed by atoms with van der Waals surface area (Å²) in [6, 6.07) is 9.34. The van der Waals surface area contributed by atoms with Crippen LogP contribution < -0.4 is 10.1 Å². The first-order valence-electron chi connectivity index (χ1n) is 7.84. The van der Waals surface area contributed by atoms with Crippen molar-refractivity contribution in [2.45, 2.75) is 56.7 Å². The van der Waals surface area contributed by atoms with Gasteiger partial charge in [-0.05, 0) is 62.1 Å². The molecule has 0 heterocycles. The third kappa shape index (κ3) is 3.33. The van der Waals surface area contributed by atoms with Crippen LogP contribution in [0.3, 0.4) is 0 Å². The zero-order valence-corrected chi connectivity index (χ0v) is 12.2. The van der Waals surface area contributed by atoms with Crippen LogP contribution in [0.15, 0.2) is 24.3 Å². The predicted molar refractivity (Wildman–Crippen MR) is 79.9 cm³/mol. The van der Waals surface area contributed by atoms with Crippen LogP contribution in [0.1, 0.15) is 50.1 Å². The monoisotopic (exact) mass is 275 g/mol. The maximum absolute atomic E-state index is 9.83. The van der Waals surface area contributed by atoms with Crippen LogP contribution >= 0.6 is 0 Å². The van der Waals surface area contributed by atoms with Crippen molar-refractivity contribution >= 4 is 0 Å². The zero-order valence-electron chi connectivity index (χ0n) is 12.2. The molecule has 20 heavy (non-hydrogen) atoms. The molecule has 0 aromatic heterocycles. The standard InChI is InChI=1S/C17H25NO2/c1-20-16-9-7-13(8-10-16)17(12-5-6-12)18-14-3-2-4-15(19)11-14/h7-10,12,14-15,17-19H,2-6,11H2,1H3. The fourth-order valence-electron chi connectivity index (χ4n) is 3.31. The Labute approximate surface area is 121 Å². The number of benzene rings is 1. The highest BCUT2D eigenvalue weighted by molar-refractivity contribution is 5.30. The molecule has 0 radical (unpaired) electrons. The first-order chi connectivity index (χ1) is 9.76. The fourth-order valence-corrected chi connectivity index (χ4v) is 3.31.